The van der Waals surface area contributed by atoms with Crippen LogP contribution in [0.1, 0.15) is 58.3 Å². The highest BCUT2D eigenvalue weighted by Crippen LogP contribution is 2.48. The first-order chi connectivity index (χ1) is 9.24. The molecular formula is C16H28N2O. The molecule has 0 aromatic heterocycles. The fourth-order valence-electron chi connectivity index (χ4n) is 4.24. The lowest BCUT2D eigenvalue weighted by Gasteiger charge is -2.49. The number of hydrogen-bond donors (Lipinski definition) is 0. The third-order valence-electron chi connectivity index (χ3n) is 5.85. The predicted molar refractivity (Wildman–Crippen MR) is 77.0 cm³/mol. The minimum atomic E-state index is 0.189. The van der Waals surface area contributed by atoms with Gasteiger partial charge in [0.05, 0.1) is 6.04 Å². The number of amides is 1. The van der Waals surface area contributed by atoms with Gasteiger partial charge in [0.2, 0.25) is 5.91 Å². The Labute approximate surface area is 117 Å². The maximum absolute atomic E-state index is 12.7. The van der Waals surface area contributed by atoms with Gasteiger partial charge in [-0.1, -0.05) is 19.8 Å². The van der Waals surface area contributed by atoms with E-state index >= 15 is 0 Å². The number of carbonyl (C=O) groups is 1. The molecule has 0 bridgehead atoms. The first-order valence-corrected chi connectivity index (χ1v) is 8.27. The lowest BCUT2D eigenvalue weighted by molar-refractivity contribution is -0.141. The van der Waals surface area contributed by atoms with Gasteiger partial charge in [0.1, 0.15) is 0 Å². The van der Waals surface area contributed by atoms with E-state index in [2.05, 4.69) is 16.7 Å². The quantitative estimate of drug-likeness (QED) is 0.765. The van der Waals surface area contributed by atoms with Crippen molar-refractivity contribution in [1.82, 2.24) is 9.80 Å². The Morgan fingerprint density at radius 2 is 1.79 bits per heavy atom. The molecule has 1 aliphatic carbocycles. The van der Waals surface area contributed by atoms with Crippen LogP contribution in [0.2, 0.25) is 0 Å². The standard InChI is InChI=1S/C16H28N2O/c1-2-17-11-4-3-6-14(17)15(19)18-12-9-16(10-13-18)7-5-8-16/h14H,2-13H2,1H3. The van der Waals surface area contributed by atoms with Gasteiger partial charge in [0.25, 0.3) is 0 Å². The Kier molecular flexibility index (Phi) is 3.84. The summed E-state index contributed by atoms with van der Waals surface area (Å²) in [4.78, 5) is 17.3. The van der Waals surface area contributed by atoms with Gasteiger partial charge in [-0.3, -0.25) is 9.69 Å². The zero-order chi connectivity index (χ0) is 13.3. The van der Waals surface area contributed by atoms with Gasteiger partial charge < -0.3 is 4.90 Å². The van der Waals surface area contributed by atoms with Crippen molar-refractivity contribution in [3.63, 3.8) is 0 Å². The molecule has 3 aliphatic rings. The van der Waals surface area contributed by atoms with Gasteiger partial charge in [-0.15, -0.1) is 0 Å². The summed E-state index contributed by atoms with van der Waals surface area (Å²) in [5.74, 6) is 0.427. The second-order valence-electron chi connectivity index (χ2n) is 6.82. The largest absolute Gasteiger partial charge is 0.341 e. The molecule has 0 aromatic carbocycles. The van der Waals surface area contributed by atoms with Gasteiger partial charge in [0, 0.05) is 13.1 Å². The van der Waals surface area contributed by atoms with Crippen LogP contribution in [0.5, 0.6) is 0 Å². The van der Waals surface area contributed by atoms with E-state index in [-0.39, 0.29) is 6.04 Å². The Morgan fingerprint density at radius 1 is 1.05 bits per heavy atom. The summed E-state index contributed by atoms with van der Waals surface area (Å²) in [6.07, 6.45) is 10.3. The van der Waals surface area contributed by atoms with Crippen LogP contribution in [0, 0.1) is 5.41 Å². The molecule has 0 N–H and O–H groups in total. The van der Waals surface area contributed by atoms with E-state index in [9.17, 15) is 4.79 Å². The molecule has 19 heavy (non-hydrogen) atoms. The summed E-state index contributed by atoms with van der Waals surface area (Å²) in [5.41, 5.74) is 0.647. The van der Waals surface area contributed by atoms with Gasteiger partial charge >= 0.3 is 0 Å². The van der Waals surface area contributed by atoms with E-state index in [1.165, 1.54) is 44.9 Å². The third-order valence-corrected chi connectivity index (χ3v) is 5.85. The molecule has 3 nitrogen and oxygen atoms in total. The van der Waals surface area contributed by atoms with Crippen molar-refractivity contribution in [1.29, 1.82) is 0 Å². The smallest absolute Gasteiger partial charge is 0.239 e. The van der Waals surface area contributed by atoms with Crippen molar-refractivity contribution in [2.24, 2.45) is 5.41 Å². The van der Waals surface area contributed by atoms with Crippen LogP contribution < -0.4 is 0 Å². The zero-order valence-electron chi connectivity index (χ0n) is 12.4. The first kappa shape index (κ1) is 13.4. The van der Waals surface area contributed by atoms with E-state index in [0.717, 1.165) is 32.6 Å². The Morgan fingerprint density at radius 3 is 2.37 bits per heavy atom. The molecule has 0 radical (unpaired) electrons. The van der Waals surface area contributed by atoms with Crippen molar-refractivity contribution in [2.45, 2.75) is 64.3 Å². The van der Waals surface area contributed by atoms with Gasteiger partial charge in [0.15, 0.2) is 0 Å². The summed E-state index contributed by atoms with van der Waals surface area (Å²) >= 11 is 0. The molecule has 1 atom stereocenters. The molecule has 1 saturated carbocycles. The summed E-state index contributed by atoms with van der Waals surface area (Å²) in [7, 11) is 0. The highest BCUT2D eigenvalue weighted by molar-refractivity contribution is 5.82. The van der Waals surface area contributed by atoms with Gasteiger partial charge in [-0.2, -0.15) is 0 Å². The SMILES string of the molecule is CCN1CCCCC1C(=O)N1CCC2(CCC2)CC1. The summed E-state index contributed by atoms with van der Waals surface area (Å²) in [6.45, 7) is 6.36. The molecule has 3 fully saturated rings. The molecule has 108 valence electrons. The Balaban J connectivity index is 1.57. The average molecular weight is 264 g/mol. The molecule has 1 amide bonds. The Bertz CT molecular complexity index is 328. The fourth-order valence-corrected chi connectivity index (χ4v) is 4.24. The summed E-state index contributed by atoms with van der Waals surface area (Å²) < 4.78 is 0. The van der Waals surface area contributed by atoms with Crippen LogP contribution in [0.3, 0.4) is 0 Å². The predicted octanol–water partition coefficient (Wildman–Crippen LogP) is 2.65. The minimum Gasteiger partial charge on any atom is -0.341 e. The molecule has 3 rings (SSSR count). The van der Waals surface area contributed by atoms with E-state index in [1.807, 2.05) is 0 Å². The van der Waals surface area contributed by atoms with Crippen LogP contribution in [-0.2, 0) is 4.79 Å². The number of rotatable bonds is 2. The monoisotopic (exact) mass is 264 g/mol. The molecule has 1 unspecified atom stereocenters. The first-order valence-electron chi connectivity index (χ1n) is 8.27. The number of likely N-dealkylation sites (N-methyl/N-ethyl adjacent to an activating group) is 1. The van der Waals surface area contributed by atoms with Crippen molar-refractivity contribution in [3.8, 4) is 0 Å². The van der Waals surface area contributed by atoms with Crippen molar-refractivity contribution in [3.05, 3.63) is 0 Å². The molecule has 2 aliphatic heterocycles. The van der Waals surface area contributed by atoms with Crippen LogP contribution >= 0.6 is 0 Å². The number of likely N-dealkylation sites (tertiary alicyclic amines) is 2. The molecule has 1 spiro atoms. The van der Waals surface area contributed by atoms with Crippen LogP contribution in [-0.4, -0.2) is 47.9 Å². The normalized spacial score (nSPS) is 31.2. The van der Waals surface area contributed by atoms with E-state index < -0.39 is 0 Å². The highest BCUT2D eigenvalue weighted by Gasteiger charge is 2.41. The van der Waals surface area contributed by atoms with Crippen molar-refractivity contribution >= 4 is 5.91 Å². The number of piperidine rings is 2. The van der Waals surface area contributed by atoms with Crippen LogP contribution in [0.4, 0.5) is 0 Å². The van der Waals surface area contributed by atoms with E-state index in [0.29, 0.717) is 11.3 Å². The molecular weight excluding hydrogens is 236 g/mol. The topological polar surface area (TPSA) is 23.6 Å². The summed E-state index contributed by atoms with van der Waals surface area (Å²) in [5, 5.41) is 0. The average Bonchev–Trinajstić information content (AvgIpc) is 2.45. The van der Waals surface area contributed by atoms with Gasteiger partial charge in [-0.25, -0.2) is 0 Å². The van der Waals surface area contributed by atoms with E-state index in [1.54, 1.807) is 0 Å². The molecule has 2 saturated heterocycles. The lowest BCUT2D eigenvalue weighted by atomic mass is 9.63. The van der Waals surface area contributed by atoms with Crippen LogP contribution in [0.15, 0.2) is 0 Å². The second-order valence-corrected chi connectivity index (χ2v) is 6.82. The number of carbonyl (C=O) groups excluding carboxylic acids is 1. The molecule has 3 heteroatoms. The second kappa shape index (κ2) is 5.43. The van der Waals surface area contributed by atoms with Crippen LogP contribution in [0.25, 0.3) is 0 Å². The fraction of sp³-hybridized carbons (Fsp3) is 0.938. The van der Waals surface area contributed by atoms with E-state index in [4.69, 9.17) is 0 Å². The van der Waals surface area contributed by atoms with Gasteiger partial charge in [-0.05, 0) is 57.0 Å². The number of hydrogen-bond acceptors (Lipinski definition) is 2. The Hall–Kier alpha value is -0.570. The number of nitrogens with zero attached hydrogens (tertiary/aromatic N) is 2. The van der Waals surface area contributed by atoms with Crippen molar-refractivity contribution < 1.29 is 4.79 Å². The highest BCUT2D eigenvalue weighted by atomic mass is 16.2. The summed E-state index contributed by atoms with van der Waals surface area (Å²) in [6, 6.07) is 0.189. The minimum absolute atomic E-state index is 0.189. The molecule has 2 heterocycles. The maximum Gasteiger partial charge on any atom is 0.239 e. The maximum atomic E-state index is 12.7. The molecule has 0 aromatic rings. The van der Waals surface area contributed by atoms with Crippen molar-refractivity contribution in [2.75, 3.05) is 26.2 Å². The lowest BCUT2D eigenvalue weighted by Crippen LogP contribution is -2.54. The zero-order valence-corrected chi connectivity index (χ0v) is 12.4. The third kappa shape index (κ3) is 2.54.